The maximum atomic E-state index is 13.1. The third-order valence-electron chi connectivity index (χ3n) is 5.00. The number of hydrogen-bond acceptors (Lipinski definition) is 6. The van der Waals surface area contributed by atoms with Crippen molar-refractivity contribution in [1.82, 2.24) is 10.3 Å². The van der Waals surface area contributed by atoms with E-state index in [4.69, 9.17) is 4.74 Å². The number of hydrogen-bond donors (Lipinski definition) is 1. The SMILES string of the molecule is Cc1nc(C)c(C(C)NC(=O)c2cc(-c3ccccc3)c(N3CCOCC3)s2)s1. The molecule has 3 aromatic rings. The first-order chi connectivity index (χ1) is 14.0. The molecule has 29 heavy (non-hydrogen) atoms. The molecule has 2 aromatic heterocycles. The molecule has 5 nitrogen and oxygen atoms in total. The van der Waals surface area contributed by atoms with Crippen LogP contribution in [-0.4, -0.2) is 37.2 Å². The highest BCUT2D eigenvalue weighted by atomic mass is 32.1. The lowest BCUT2D eigenvalue weighted by molar-refractivity contribution is 0.0944. The normalized spacial score (nSPS) is 15.3. The van der Waals surface area contributed by atoms with Crippen molar-refractivity contribution in [3.63, 3.8) is 0 Å². The molecule has 1 aliphatic heterocycles. The number of ether oxygens (including phenoxy) is 1. The molecule has 0 saturated carbocycles. The van der Waals surface area contributed by atoms with Gasteiger partial charge in [0.1, 0.15) is 0 Å². The highest BCUT2D eigenvalue weighted by Gasteiger charge is 2.23. The molecule has 1 saturated heterocycles. The van der Waals surface area contributed by atoms with Gasteiger partial charge in [0, 0.05) is 23.5 Å². The van der Waals surface area contributed by atoms with Gasteiger partial charge in [-0.2, -0.15) is 0 Å². The number of carbonyl (C=O) groups is 1. The van der Waals surface area contributed by atoms with Crippen LogP contribution in [0.3, 0.4) is 0 Å². The second kappa shape index (κ2) is 8.65. The van der Waals surface area contributed by atoms with E-state index in [1.165, 1.54) is 0 Å². The quantitative estimate of drug-likeness (QED) is 0.634. The van der Waals surface area contributed by atoms with Gasteiger partial charge in [-0.05, 0) is 32.4 Å². The number of anilines is 1. The Bertz CT molecular complexity index is 991. The van der Waals surface area contributed by atoms with Crippen LogP contribution in [0.25, 0.3) is 11.1 Å². The van der Waals surface area contributed by atoms with Crippen LogP contribution in [0.15, 0.2) is 36.4 Å². The van der Waals surface area contributed by atoms with Crippen LogP contribution in [0.4, 0.5) is 5.00 Å². The van der Waals surface area contributed by atoms with Gasteiger partial charge in [-0.25, -0.2) is 4.98 Å². The number of thiazole rings is 1. The predicted octanol–water partition coefficient (Wildman–Crippen LogP) is 4.82. The molecule has 7 heteroatoms. The number of aromatic nitrogens is 1. The summed E-state index contributed by atoms with van der Waals surface area (Å²) in [5.41, 5.74) is 3.23. The molecule has 0 radical (unpaired) electrons. The van der Waals surface area contributed by atoms with Gasteiger partial charge in [0.15, 0.2) is 0 Å². The molecule has 0 spiro atoms. The van der Waals surface area contributed by atoms with Crippen molar-refractivity contribution in [2.45, 2.75) is 26.8 Å². The van der Waals surface area contributed by atoms with Gasteiger partial charge in [-0.15, -0.1) is 22.7 Å². The number of amides is 1. The number of carbonyl (C=O) groups excluding carboxylic acids is 1. The van der Waals surface area contributed by atoms with Gasteiger partial charge in [0.2, 0.25) is 0 Å². The van der Waals surface area contributed by atoms with E-state index in [-0.39, 0.29) is 11.9 Å². The van der Waals surface area contributed by atoms with Crippen molar-refractivity contribution in [2.75, 3.05) is 31.2 Å². The van der Waals surface area contributed by atoms with Crippen LogP contribution >= 0.6 is 22.7 Å². The lowest BCUT2D eigenvalue weighted by atomic mass is 10.1. The monoisotopic (exact) mass is 427 g/mol. The Kier molecular flexibility index (Phi) is 5.99. The zero-order valence-electron chi connectivity index (χ0n) is 16.9. The molecule has 152 valence electrons. The molecule has 0 aliphatic carbocycles. The van der Waals surface area contributed by atoms with Crippen LogP contribution in [0.1, 0.15) is 38.2 Å². The Balaban J connectivity index is 1.62. The van der Waals surface area contributed by atoms with Gasteiger partial charge in [-0.3, -0.25) is 4.79 Å². The lowest BCUT2D eigenvalue weighted by Crippen LogP contribution is -2.35. The van der Waals surface area contributed by atoms with Gasteiger partial charge in [-0.1, -0.05) is 30.3 Å². The first kappa shape index (κ1) is 20.1. The van der Waals surface area contributed by atoms with Crippen LogP contribution in [0, 0.1) is 13.8 Å². The van der Waals surface area contributed by atoms with E-state index in [9.17, 15) is 4.79 Å². The van der Waals surface area contributed by atoms with Gasteiger partial charge in [0.05, 0.1) is 39.8 Å². The number of aryl methyl sites for hydroxylation is 2. The van der Waals surface area contributed by atoms with Gasteiger partial charge in [0.25, 0.3) is 5.91 Å². The maximum absolute atomic E-state index is 13.1. The smallest absolute Gasteiger partial charge is 0.261 e. The van der Waals surface area contributed by atoms with Crippen molar-refractivity contribution in [1.29, 1.82) is 0 Å². The van der Waals surface area contributed by atoms with Gasteiger partial charge < -0.3 is 15.0 Å². The molecule has 1 unspecified atom stereocenters. The molecule has 1 atom stereocenters. The molecule has 1 aromatic carbocycles. The Morgan fingerprint density at radius 3 is 2.55 bits per heavy atom. The lowest BCUT2D eigenvalue weighted by Gasteiger charge is -2.28. The first-order valence-corrected chi connectivity index (χ1v) is 11.4. The fourth-order valence-electron chi connectivity index (χ4n) is 3.60. The average molecular weight is 428 g/mol. The van der Waals surface area contributed by atoms with E-state index in [2.05, 4.69) is 27.3 Å². The predicted molar refractivity (Wildman–Crippen MR) is 120 cm³/mol. The summed E-state index contributed by atoms with van der Waals surface area (Å²) in [7, 11) is 0. The highest BCUT2D eigenvalue weighted by Crippen LogP contribution is 2.39. The number of morpholine rings is 1. The first-order valence-electron chi connectivity index (χ1n) is 9.79. The third-order valence-corrected chi connectivity index (χ3v) is 7.45. The van der Waals surface area contributed by atoms with Crippen molar-refractivity contribution in [3.05, 3.63) is 56.9 Å². The minimum atomic E-state index is -0.0668. The van der Waals surface area contributed by atoms with Crippen LogP contribution in [-0.2, 0) is 4.74 Å². The van der Waals surface area contributed by atoms with E-state index in [0.29, 0.717) is 13.2 Å². The summed E-state index contributed by atoms with van der Waals surface area (Å²) >= 11 is 3.20. The highest BCUT2D eigenvalue weighted by molar-refractivity contribution is 7.18. The topological polar surface area (TPSA) is 54.5 Å². The number of benzene rings is 1. The van der Waals surface area contributed by atoms with E-state index < -0.39 is 0 Å². The molecular formula is C22H25N3O2S2. The Labute approximate surface area is 179 Å². The second-order valence-electron chi connectivity index (χ2n) is 7.17. The molecule has 1 fully saturated rings. The van der Waals surface area contributed by atoms with Crippen LogP contribution < -0.4 is 10.2 Å². The number of nitrogens with one attached hydrogen (secondary N) is 1. The summed E-state index contributed by atoms with van der Waals surface area (Å²) in [6.45, 7) is 9.14. The van der Waals surface area contributed by atoms with Crippen LogP contribution in [0.5, 0.6) is 0 Å². The van der Waals surface area contributed by atoms with E-state index in [0.717, 1.165) is 49.7 Å². The van der Waals surface area contributed by atoms with Crippen molar-refractivity contribution < 1.29 is 9.53 Å². The van der Waals surface area contributed by atoms with E-state index in [1.807, 2.05) is 45.0 Å². The third kappa shape index (κ3) is 4.37. The molecule has 0 bridgehead atoms. The van der Waals surface area contributed by atoms with Gasteiger partial charge >= 0.3 is 0 Å². The average Bonchev–Trinajstić information content (AvgIpc) is 3.32. The Morgan fingerprint density at radius 1 is 1.17 bits per heavy atom. The Hall–Kier alpha value is -2.22. The molecule has 4 rings (SSSR count). The minimum Gasteiger partial charge on any atom is -0.378 e. The summed E-state index contributed by atoms with van der Waals surface area (Å²) in [6, 6.07) is 12.2. The standard InChI is InChI=1S/C22H25N3O2S2/c1-14-20(28-16(3)23-14)15(2)24-21(26)19-13-18(17-7-5-4-6-8-17)22(29-19)25-9-11-27-12-10-25/h4-8,13,15H,9-12H2,1-3H3,(H,24,26). The summed E-state index contributed by atoms with van der Waals surface area (Å²) in [6.07, 6.45) is 0. The minimum absolute atomic E-state index is 0.0374. The molecular weight excluding hydrogens is 402 g/mol. The molecule has 3 heterocycles. The Morgan fingerprint density at radius 2 is 1.90 bits per heavy atom. The van der Waals surface area contributed by atoms with Crippen molar-refractivity contribution in [2.24, 2.45) is 0 Å². The zero-order chi connectivity index (χ0) is 20.4. The van der Waals surface area contributed by atoms with Crippen molar-refractivity contribution in [3.8, 4) is 11.1 Å². The zero-order valence-corrected chi connectivity index (χ0v) is 18.5. The number of nitrogens with zero attached hydrogens (tertiary/aromatic N) is 2. The summed E-state index contributed by atoms with van der Waals surface area (Å²) in [4.78, 5) is 21.7. The summed E-state index contributed by atoms with van der Waals surface area (Å²) in [5, 5.41) is 5.32. The fraction of sp³-hybridized carbons (Fsp3) is 0.364. The number of rotatable bonds is 5. The molecule has 1 aliphatic rings. The largest absolute Gasteiger partial charge is 0.378 e. The van der Waals surface area contributed by atoms with Crippen molar-refractivity contribution >= 4 is 33.6 Å². The fourth-order valence-corrected chi connectivity index (χ4v) is 5.67. The van der Waals surface area contributed by atoms with Crippen LogP contribution in [0.2, 0.25) is 0 Å². The summed E-state index contributed by atoms with van der Waals surface area (Å²) < 4.78 is 5.51. The number of thiophene rings is 1. The summed E-state index contributed by atoms with van der Waals surface area (Å²) in [5.74, 6) is -0.0374. The van der Waals surface area contributed by atoms with E-state index in [1.54, 1.807) is 22.7 Å². The molecule has 1 amide bonds. The van der Waals surface area contributed by atoms with E-state index >= 15 is 0 Å². The molecule has 1 N–H and O–H groups in total. The second-order valence-corrected chi connectivity index (χ2v) is 9.44. The maximum Gasteiger partial charge on any atom is 0.261 e.